The smallest absolute Gasteiger partial charge is 0.262 e. The first-order valence-corrected chi connectivity index (χ1v) is 14.5. The van der Waals surface area contributed by atoms with Gasteiger partial charge < -0.3 is 26.2 Å². The Morgan fingerprint density at radius 3 is 2.22 bits per heavy atom. The van der Waals surface area contributed by atoms with E-state index in [1.165, 1.54) is 22.6 Å². The van der Waals surface area contributed by atoms with Gasteiger partial charge >= 0.3 is 0 Å². The van der Waals surface area contributed by atoms with Crippen LogP contribution in [0.5, 0.6) is 0 Å². The highest BCUT2D eigenvalue weighted by atomic mass is 32.1. The number of piperazine rings is 1. The lowest BCUT2D eigenvalue weighted by molar-refractivity contribution is 0.100. The number of aromatic nitrogens is 1. The first kappa shape index (κ1) is 28.3. The van der Waals surface area contributed by atoms with Crippen molar-refractivity contribution in [2.24, 2.45) is 5.73 Å². The van der Waals surface area contributed by atoms with Crippen molar-refractivity contribution in [2.45, 2.75) is 26.2 Å². The van der Waals surface area contributed by atoms with Crippen LogP contribution in [-0.4, -0.2) is 54.9 Å². The van der Waals surface area contributed by atoms with E-state index >= 15 is 0 Å². The normalized spacial score (nSPS) is 14.1. The van der Waals surface area contributed by atoms with Crippen LogP contribution in [0.4, 0.5) is 22.9 Å². The number of nitrogens with zero attached hydrogens (tertiary/aromatic N) is 3. The van der Waals surface area contributed by atoms with Crippen molar-refractivity contribution in [3.8, 4) is 10.6 Å². The molecule has 0 unspecified atom stereocenters. The van der Waals surface area contributed by atoms with Crippen molar-refractivity contribution in [1.29, 1.82) is 0 Å². The Bertz CT molecular complexity index is 1530. The Kier molecular flexibility index (Phi) is 8.10. The van der Waals surface area contributed by atoms with Crippen LogP contribution in [0.3, 0.4) is 0 Å². The molecule has 0 bridgehead atoms. The summed E-state index contributed by atoms with van der Waals surface area (Å²) in [5.74, 6) is -0.325. The van der Waals surface area contributed by atoms with Gasteiger partial charge in [-0.2, -0.15) is 0 Å². The van der Waals surface area contributed by atoms with Crippen LogP contribution in [0.1, 0.15) is 46.4 Å². The van der Waals surface area contributed by atoms with E-state index in [2.05, 4.69) is 60.4 Å². The lowest BCUT2D eigenvalue weighted by Crippen LogP contribution is -2.44. The molecule has 41 heavy (non-hydrogen) atoms. The van der Waals surface area contributed by atoms with Gasteiger partial charge in [0.25, 0.3) is 11.8 Å². The van der Waals surface area contributed by atoms with Crippen molar-refractivity contribution >= 4 is 46.0 Å². The molecule has 9 heteroatoms. The molecule has 0 spiro atoms. The van der Waals surface area contributed by atoms with E-state index < -0.39 is 5.91 Å². The number of carbonyl (C=O) groups excluding carboxylic acids is 2. The van der Waals surface area contributed by atoms with Crippen LogP contribution in [0.15, 0.2) is 72.8 Å². The molecule has 212 valence electrons. The van der Waals surface area contributed by atoms with Gasteiger partial charge in [-0.25, -0.2) is 4.98 Å². The molecule has 1 fully saturated rings. The van der Waals surface area contributed by atoms with Crippen molar-refractivity contribution in [3.05, 3.63) is 88.8 Å². The second kappa shape index (κ2) is 11.7. The minimum absolute atomic E-state index is 0.0164. The fourth-order valence-electron chi connectivity index (χ4n) is 4.71. The Labute approximate surface area is 245 Å². The molecule has 2 heterocycles. The maximum atomic E-state index is 12.9. The molecular formula is C32H36N6O2S. The number of likely N-dealkylation sites (N-methyl/N-ethyl adjacent to an activating group) is 1. The minimum atomic E-state index is -0.548. The largest absolute Gasteiger partial charge is 0.369 e. The summed E-state index contributed by atoms with van der Waals surface area (Å²) in [6.45, 7) is 10.5. The third kappa shape index (κ3) is 6.75. The number of benzene rings is 3. The zero-order chi connectivity index (χ0) is 29.1. The van der Waals surface area contributed by atoms with E-state index in [1.54, 1.807) is 0 Å². The number of amides is 2. The van der Waals surface area contributed by atoms with E-state index in [9.17, 15) is 9.59 Å². The minimum Gasteiger partial charge on any atom is -0.369 e. The monoisotopic (exact) mass is 568 g/mol. The summed E-state index contributed by atoms with van der Waals surface area (Å²) in [5, 5.41) is 6.86. The van der Waals surface area contributed by atoms with Crippen LogP contribution in [0, 0.1) is 0 Å². The van der Waals surface area contributed by atoms with Gasteiger partial charge in [-0.1, -0.05) is 45.0 Å². The number of nitrogens with one attached hydrogen (secondary N) is 2. The van der Waals surface area contributed by atoms with Crippen molar-refractivity contribution in [1.82, 2.24) is 9.88 Å². The number of thiazole rings is 1. The quantitative estimate of drug-likeness (QED) is 0.254. The fraction of sp³-hybridized carbons (Fsp3) is 0.281. The summed E-state index contributed by atoms with van der Waals surface area (Å²) in [6, 6.07) is 23.2. The Morgan fingerprint density at radius 1 is 0.902 bits per heavy atom. The van der Waals surface area contributed by atoms with Crippen LogP contribution in [0.25, 0.3) is 10.6 Å². The van der Waals surface area contributed by atoms with E-state index in [-0.39, 0.29) is 11.3 Å². The first-order valence-electron chi connectivity index (χ1n) is 13.7. The van der Waals surface area contributed by atoms with E-state index in [1.807, 2.05) is 60.7 Å². The Morgan fingerprint density at radius 2 is 1.59 bits per heavy atom. The average Bonchev–Trinajstić information content (AvgIpc) is 3.38. The van der Waals surface area contributed by atoms with Crippen molar-refractivity contribution in [2.75, 3.05) is 48.8 Å². The molecule has 8 nitrogen and oxygen atoms in total. The van der Waals surface area contributed by atoms with Crippen LogP contribution in [-0.2, 0) is 5.41 Å². The molecular weight excluding hydrogens is 532 g/mol. The Hall–Kier alpha value is -4.21. The van der Waals surface area contributed by atoms with Crippen molar-refractivity contribution in [3.63, 3.8) is 0 Å². The molecule has 0 radical (unpaired) electrons. The van der Waals surface area contributed by atoms with Gasteiger partial charge in [-0.05, 0) is 66.6 Å². The lowest BCUT2D eigenvalue weighted by Gasteiger charge is -2.34. The van der Waals surface area contributed by atoms with Gasteiger partial charge in [-0.15, -0.1) is 11.3 Å². The summed E-state index contributed by atoms with van der Waals surface area (Å²) in [7, 11) is 2.14. The highest BCUT2D eigenvalue weighted by Gasteiger charge is 2.19. The number of hydrogen-bond acceptors (Lipinski definition) is 7. The van der Waals surface area contributed by atoms with E-state index in [4.69, 9.17) is 10.7 Å². The highest BCUT2D eigenvalue weighted by molar-refractivity contribution is 7.17. The second-order valence-electron chi connectivity index (χ2n) is 11.4. The third-order valence-corrected chi connectivity index (χ3v) is 8.35. The van der Waals surface area contributed by atoms with E-state index in [0.717, 1.165) is 37.4 Å². The summed E-state index contributed by atoms with van der Waals surface area (Å²) in [4.78, 5) is 34.9. The number of rotatable bonds is 7. The average molecular weight is 569 g/mol. The lowest BCUT2D eigenvalue weighted by atomic mass is 9.87. The molecule has 4 N–H and O–H groups in total. The van der Waals surface area contributed by atoms with Crippen LogP contribution in [0.2, 0.25) is 0 Å². The maximum Gasteiger partial charge on any atom is 0.262 e. The molecule has 0 saturated carbocycles. The summed E-state index contributed by atoms with van der Waals surface area (Å²) in [6.07, 6.45) is 0. The molecule has 4 aromatic rings. The van der Waals surface area contributed by atoms with Gasteiger partial charge in [0.1, 0.15) is 9.88 Å². The number of hydrogen-bond donors (Lipinski definition) is 3. The SMILES string of the molecule is CN1CCN(c2ccc(Nc3nc(-c4cccc(NC(=O)c5ccc(C(C)(C)C)cc5)c4)sc3C(N)=O)cc2)CC1. The number of nitrogens with two attached hydrogens (primary N) is 1. The first-order chi connectivity index (χ1) is 19.6. The molecule has 2 amide bonds. The third-order valence-electron chi connectivity index (χ3n) is 7.23. The molecule has 5 rings (SSSR count). The maximum absolute atomic E-state index is 12.9. The summed E-state index contributed by atoms with van der Waals surface area (Å²) >= 11 is 1.22. The molecule has 1 aliphatic rings. The number of primary amides is 1. The van der Waals surface area contributed by atoms with Gasteiger partial charge in [-0.3, -0.25) is 9.59 Å². The zero-order valence-corrected chi connectivity index (χ0v) is 24.7. The molecule has 1 aromatic heterocycles. The van der Waals surface area contributed by atoms with Gasteiger partial charge in [0.05, 0.1) is 0 Å². The zero-order valence-electron chi connectivity index (χ0n) is 23.9. The molecule has 1 saturated heterocycles. The highest BCUT2D eigenvalue weighted by Crippen LogP contribution is 2.34. The van der Waals surface area contributed by atoms with Gasteiger partial charge in [0, 0.05) is 54.4 Å². The second-order valence-corrected chi connectivity index (χ2v) is 12.4. The van der Waals surface area contributed by atoms with Gasteiger partial charge in [0.15, 0.2) is 5.82 Å². The van der Waals surface area contributed by atoms with Gasteiger partial charge in [0.2, 0.25) is 0 Å². The summed E-state index contributed by atoms with van der Waals surface area (Å²) < 4.78 is 0. The van der Waals surface area contributed by atoms with E-state index in [0.29, 0.717) is 27.0 Å². The number of anilines is 4. The Balaban J connectivity index is 1.31. The predicted octanol–water partition coefficient (Wildman–Crippen LogP) is 5.95. The predicted molar refractivity (Wildman–Crippen MR) is 169 cm³/mol. The number of carbonyl (C=O) groups is 2. The molecule has 0 aliphatic carbocycles. The molecule has 0 atom stereocenters. The molecule has 1 aliphatic heterocycles. The topological polar surface area (TPSA) is 104 Å². The fourth-order valence-corrected chi connectivity index (χ4v) is 5.58. The van der Waals surface area contributed by atoms with Crippen molar-refractivity contribution < 1.29 is 9.59 Å². The summed E-state index contributed by atoms with van der Waals surface area (Å²) in [5.41, 5.74) is 10.9. The standard InChI is InChI=1S/C32H36N6O2S/c1-32(2,3)23-10-8-21(9-11-23)30(40)35-25-7-5-6-22(20-25)31-36-29(27(41-31)28(33)39)34-24-12-14-26(15-13-24)38-18-16-37(4)17-19-38/h5-15,20,34H,16-19H2,1-4H3,(H2,33,39)(H,35,40). The molecule has 3 aromatic carbocycles. The van der Waals surface area contributed by atoms with Crippen LogP contribution >= 0.6 is 11.3 Å². The van der Waals surface area contributed by atoms with Crippen LogP contribution < -0.4 is 21.3 Å².